The van der Waals surface area contributed by atoms with Crippen molar-refractivity contribution in [3.8, 4) is 11.5 Å². The fourth-order valence-corrected chi connectivity index (χ4v) is 4.25. The lowest BCUT2D eigenvalue weighted by molar-refractivity contribution is -0.113. The van der Waals surface area contributed by atoms with Gasteiger partial charge in [-0.05, 0) is 44.2 Å². The summed E-state index contributed by atoms with van der Waals surface area (Å²) in [6.07, 6.45) is -0.361. The lowest BCUT2D eigenvalue weighted by atomic mass is 10.3. The Balaban J connectivity index is 1.66. The first-order valence-electron chi connectivity index (χ1n) is 9.52. The van der Waals surface area contributed by atoms with Crippen molar-refractivity contribution in [2.75, 3.05) is 18.2 Å². The minimum absolute atomic E-state index is 0.157. The normalized spacial score (nSPS) is 11.8. The minimum Gasteiger partial charge on any atom is -0.493 e. The molecule has 0 aliphatic rings. The van der Waals surface area contributed by atoms with E-state index in [1.54, 1.807) is 25.3 Å². The maximum atomic E-state index is 12.3. The number of methoxy groups -OCH3 is 1. The number of benzene rings is 2. The zero-order chi connectivity index (χ0) is 22.4. The number of carbonyl (C=O) groups is 1. The molecule has 0 spiro atoms. The van der Waals surface area contributed by atoms with Gasteiger partial charge in [0.15, 0.2) is 28.6 Å². The average molecular weight is 481 g/mol. The quantitative estimate of drug-likeness (QED) is 0.408. The number of para-hydroxylation sites is 2. The van der Waals surface area contributed by atoms with Crippen LogP contribution >= 0.6 is 35.0 Å². The number of halogens is 2. The van der Waals surface area contributed by atoms with E-state index in [-0.39, 0.29) is 17.8 Å². The largest absolute Gasteiger partial charge is 0.493 e. The maximum absolute atomic E-state index is 12.3. The summed E-state index contributed by atoms with van der Waals surface area (Å²) in [5, 5.41) is 12.8. The van der Waals surface area contributed by atoms with E-state index in [9.17, 15) is 4.79 Å². The second-order valence-corrected chi connectivity index (χ2v) is 8.31. The van der Waals surface area contributed by atoms with Crippen LogP contribution in [-0.2, 0) is 11.3 Å². The third-order valence-electron chi connectivity index (χ3n) is 4.28. The highest BCUT2D eigenvalue weighted by molar-refractivity contribution is 7.99. The third-order valence-corrected chi connectivity index (χ3v) is 5.68. The average Bonchev–Trinajstić information content (AvgIpc) is 3.15. The number of amides is 1. The van der Waals surface area contributed by atoms with Gasteiger partial charge in [-0.1, -0.05) is 47.1 Å². The number of hydrogen-bond acceptors (Lipinski definition) is 6. The van der Waals surface area contributed by atoms with Gasteiger partial charge in [-0.3, -0.25) is 4.79 Å². The number of thioether (sulfide) groups is 1. The molecule has 0 radical (unpaired) electrons. The van der Waals surface area contributed by atoms with Crippen LogP contribution in [0.3, 0.4) is 0 Å². The smallest absolute Gasteiger partial charge is 0.234 e. The van der Waals surface area contributed by atoms with Crippen LogP contribution in [0.2, 0.25) is 10.0 Å². The molecule has 31 heavy (non-hydrogen) atoms. The number of nitrogens with one attached hydrogen (secondary N) is 1. The molecule has 7 nitrogen and oxygen atoms in total. The summed E-state index contributed by atoms with van der Waals surface area (Å²) in [7, 11) is 1.60. The van der Waals surface area contributed by atoms with Crippen LogP contribution in [0.15, 0.2) is 47.6 Å². The zero-order valence-corrected chi connectivity index (χ0v) is 19.6. The van der Waals surface area contributed by atoms with E-state index in [2.05, 4.69) is 15.5 Å². The number of anilines is 1. The van der Waals surface area contributed by atoms with Crippen molar-refractivity contribution in [1.29, 1.82) is 0 Å². The highest BCUT2D eigenvalue weighted by Gasteiger charge is 2.20. The molecule has 0 aliphatic carbocycles. The number of ether oxygens (including phenoxy) is 2. The Morgan fingerprint density at radius 1 is 1.16 bits per heavy atom. The maximum Gasteiger partial charge on any atom is 0.234 e. The molecule has 0 fully saturated rings. The molecule has 10 heteroatoms. The van der Waals surface area contributed by atoms with Crippen molar-refractivity contribution in [3.05, 3.63) is 58.3 Å². The van der Waals surface area contributed by atoms with Gasteiger partial charge in [-0.2, -0.15) is 0 Å². The first-order valence-corrected chi connectivity index (χ1v) is 11.3. The topological polar surface area (TPSA) is 78.3 Å². The van der Waals surface area contributed by atoms with Gasteiger partial charge in [0.2, 0.25) is 5.91 Å². The number of aromatic nitrogens is 3. The standard InChI is InChI=1S/C21H22Cl2N4O3S/c1-4-27-20(13(2)30-18-8-6-5-7-17(18)29-3)25-26-21(27)31-12-19(28)24-16-10-14(22)9-15(23)11-16/h5-11,13H,4,12H2,1-3H3,(H,24,28). The highest BCUT2D eigenvalue weighted by atomic mass is 35.5. The van der Waals surface area contributed by atoms with Gasteiger partial charge in [0.05, 0.1) is 12.9 Å². The molecular weight excluding hydrogens is 459 g/mol. The molecule has 1 aromatic heterocycles. The summed E-state index contributed by atoms with van der Waals surface area (Å²) in [5.74, 6) is 1.89. The summed E-state index contributed by atoms with van der Waals surface area (Å²) in [4.78, 5) is 12.3. The predicted molar refractivity (Wildman–Crippen MR) is 124 cm³/mol. The monoisotopic (exact) mass is 480 g/mol. The number of nitrogens with zero attached hydrogens (tertiary/aromatic N) is 3. The number of rotatable bonds is 9. The van der Waals surface area contributed by atoms with E-state index in [1.807, 2.05) is 42.7 Å². The number of carbonyl (C=O) groups excluding carboxylic acids is 1. The van der Waals surface area contributed by atoms with Gasteiger partial charge in [0, 0.05) is 22.3 Å². The second kappa shape index (κ2) is 10.7. The Kier molecular flexibility index (Phi) is 8.06. The van der Waals surface area contributed by atoms with Crippen molar-refractivity contribution in [1.82, 2.24) is 14.8 Å². The van der Waals surface area contributed by atoms with Gasteiger partial charge < -0.3 is 19.4 Å². The molecule has 164 valence electrons. The van der Waals surface area contributed by atoms with E-state index in [4.69, 9.17) is 32.7 Å². The zero-order valence-electron chi connectivity index (χ0n) is 17.3. The predicted octanol–water partition coefficient (Wildman–Crippen LogP) is 5.48. The molecule has 1 heterocycles. The van der Waals surface area contributed by atoms with Crippen LogP contribution in [0.1, 0.15) is 25.8 Å². The summed E-state index contributed by atoms with van der Waals surface area (Å²) < 4.78 is 13.3. The van der Waals surface area contributed by atoms with Crippen molar-refractivity contribution in [3.63, 3.8) is 0 Å². The third kappa shape index (κ3) is 6.06. The molecule has 1 amide bonds. The molecule has 1 atom stereocenters. The van der Waals surface area contributed by atoms with Gasteiger partial charge in [0.25, 0.3) is 0 Å². The van der Waals surface area contributed by atoms with Gasteiger partial charge in [-0.15, -0.1) is 10.2 Å². The van der Waals surface area contributed by atoms with Gasteiger partial charge in [0.1, 0.15) is 0 Å². The Bertz CT molecular complexity index is 1040. The second-order valence-electron chi connectivity index (χ2n) is 6.49. The molecule has 2 aromatic carbocycles. The van der Waals surface area contributed by atoms with Crippen LogP contribution < -0.4 is 14.8 Å². The summed E-state index contributed by atoms with van der Waals surface area (Å²) in [6.45, 7) is 4.52. The Morgan fingerprint density at radius 3 is 2.48 bits per heavy atom. The molecule has 0 aliphatic heterocycles. The fraction of sp³-hybridized carbons (Fsp3) is 0.286. The molecule has 3 aromatic rings. The van der Waals surface area contributed by atoms with E-state index >= 15 is 0 Å². The summed E-state index contributed by atoms with van der Waals surface area (Å²) >= 11 is 13.2. The van der Waals surface area contributed by atoms with Crippen molar-refractivity contribution < 1.29 is 14.3 Å². The van der Waals surface area contributed by atoms with Crippen LogP contribution in [0.25, 0.3) is 0 Å². The van der Waals surface area contributed by atoms with Gasteiger partial charge >= 0.3 is 0 Å². The van der Waals surface area contributed by atoms with Crippen molar-refractivity contribution in [2.45, 2.75) is 31.7 Å². The lowest BCUT2D eigenvalue weighted by Gasteiger charge is -2.17. The van der Waals surface area contributed by atoms with E-state index in [0.29, 0.717) is 44.8 Å². The highest BCUT2D eigenvalue weighted by Crippen LogP contribution is 2.31. The van der Waals surface area contributed by atoms with E-state index in [0.717, 1.165) is 0 Å². The molecule has 0 saturated heterocycles. The van der Waals surface area contributed by atoms with Gasteiger partial charge in [-0.25, -0.2) is 0 Å². The first-order chi connectivity index (χ1) is 14.9. The molecule has 0 saturated carbocycles. The molecule has 3 rings (SSSR count). The van der Waals surface area contributed by atoms with Crippen LogP contribution in [0.5, 0.6) is 11.5 Å². The van der Waals surface area contributed by atoms with E-state index < -0.39 is 0 Å². The SMILES string of the molecule is CCn1c(SCC(=O)Nc2cc(Cl)cc(Cl)c2)nnc1C(C)Oc1ccccc1OC. The summed E-state index contributed by atoms with van der Waals surface area (Å²) in [6, 6.07) is 12.3. The fourth-order valence-electron chi connectivity index (χ4n) is 2.92. The summed E-state index contributed by atoms with van der Waals surface area (Å²) in [5.41, 5.74) is 0.541. The Labute approximate surface area is 195 Å². The van der Waals surface area contributed by atoms with E-state index in [1.165, 1.54) is 11.8 Å². The molecule has 1 unspecified atom stereocenters. The van der Waals surface area contributed by atoms with Crippen molar-refractivity contribution >= 4 is 46.6 Å². The van der Waals surface area contributed by atoms with Crippen LogP contribution in [0.4, 0.5) is 5.69 Å². The van der Waals surface area contributed by atoms with Crippen LogP contribution in [0, 0.1) is 0 Å². The first kappa shape index (κ1) is 23.2. The lowest BCUT2D eigenvalue weighted by Crippen LogP contribution is -2.15. The van der Waals surface area contributed by atoms with Crippen LogP contribution in [-0.4, -0.2) is 33.5 Å². The molecule has 0 bridgehead atoms. The Morgan fingerprint density at radius 2 is 1.84 bits per heavy atom. The van der Waals surface area contributed by atoms with Crippen molar-refractivity contribution in [2.24, 2.45) is 0 Å². The molecule has 1 N–H and O–H groups in total. The molecular formula is C21H22Cl2N4O3S. The number of hydrogen-bond donors (Lipinski definition) is 1. The minimum atomic E-state index is -0.361. The Hall–Kier alpha value is -2.42.